The smallest absolute Gasteiger partial charge is 0.0157 e. The first kappa shape index (κ1) is 9.09. The predicted octanol–water partition coefficient (Wildman–Crippen LogP) is 2.36. The van der Waals surface area contributed by atoms with Crippen molar-refractivity contribution in [2.75, 3.05) is 5.75 Å². The van der Waals surface area contributed by atoms with E-state index in [9.17, 15) is 0 Å². The van der Waals surface area contributed by atoms with Crippen LogP contribution in [0.5, 0.6) is 0 Å². The van der Waals surface area contributed by atoms with Crippen LogP contribution in [-0.4, -0.2) is 5.75 Å². The summed E-state index contributed by atoms with van der Waals surface area (Å²) in [4.78, 5) is 0. The Balaban J connectivity index is 0.000000640. The van der Waals surface area contributed by atoms with Crippen LogP contribution in [0.3, 0.4) is 0 Å². The van der Waals surface area contributed by atoms with Crippen molar-refractivity contribution >= 4 is 11.8 Å². The predicted molar refractivity (Wildman–Crippen MR) is 39.9 cm³/mol. The van der Waals surface area contributed by atoms with Gasteiger partial charge in [-0.05, 0) is 5.41 Å². The number of hydrogen-bond acceptors (Lipinski definition) is 1. The van der Waals surface area contributed by atoms with Crippen molar-refractivity contribution in [2.45, 2.75) is 0 Å². The average Bonchev–Trinajstić information content (AvgIpc) is 1.62. The van der Waals surface area contributed by atoms with E-state index in [1.807, 2.05) is 30.0 Å². The maximum Gasteiger partial charge on any atom is 0.0157 e. The topological polar surface area (TPSA) is 0 Å². The first-order valence-electron chi connectivity index (χ1n) is 2.60. The number of rotatable bonds is 0. The van der Waals surface area contributed by atoms with Crippen LogP contribution in [0.2, 0.25) is 0 Å². The maximum atomic E-state index is 2.14. The van der Waals surface area contributed by atoms with Gasteiger partial charge in [0.1, 0.15) is 0 Å². The fourth-order valence-corrected chi connectivity index (χ4v) is 1.01. The summed E-state index contributed by atoms with van der Waals surface area (Å²) in [6.07, 6.45) is 10.3. The van der Waals surface area contributed by atoms with Crippen molar-refractivity contribution in [2.24, 2.45) is 0 Å². The third-order valence-corrected chi connectivity index (χ3v) is 1.57. The molecule has 0 aromatic carbocycles. The summed E-state index contributed by atoms with van der Waals surface area (Å²) in [6, 6.07) is 0. The van der Waals surface area contributed by atoms with Crippen LogP contribution in [0.4, 0.5) is 0 Å². The van der Waals surface area contributed by atoms with Gasteiger partial charge in [0.15, 0.2) is 0 Å². The summed E-state index contributed by atoms with van der Waals surface area (Å²) in [5.74, 6) is 1.10. The van der Waals surface area contributed by atoms with Gasteiger partial charge < -0.3 is 0 Å². The van der Waals surface area contributed by atoms with Gasteiger partial charge in [0.25, 0.3) is 0 Å². The Morgan fingerprint density at radius 3 is 2.67 bits per heavy atom. The molecule has 0 saturated carbocycles. The van der Waals surface area contributed by atoms with Crippen LogP contribution in [0.1, 0.15) is 0 Å². The molecule has 1 heterocycles. The summed E-state index contributed by atoms with van der Waals surface area (Å²) in [6.45, 7) is 0. The van der Waals surface area contributed by atoms with E-state index in [4.69, 9.17) is 0 Å². The fraction of sp³-hybridized carbons (Fsp3) is 0.143. The van der Waals surface area contributed by atoms with Gasteiger partial charge in [-0.1, -0.05) is 30.4 Å². The zero-order valence-corrected chi connectivity index (χ0v) is 6.95. The molecule has 0 spiro atoms. The van der Waals surface area contributed by atoms with Gasteiger partial charge in [-0.15, -0.1) is 11.8 Å². The summed E-state index contributed by atoms with van der Waals surface area (Å²) in [5.41, 5.74) is 0. The molecule has 0 saturated heterocycles. The second kappa shape index (κ2) is 6.21. The van der Waals surface area contributed by atoms with E-state index in [1.165, 1.54) is 0 Å². The van der Waals surface area contributed by atoms with Crippen molar-refractivity contribution in [3.05, 3.63) is 35.8 Å². The SMILES string of the molecule is C1=CC=CSCC=C1.[Mn]. The van der Waals surface area contributed by atoms with Crippen LogP contribution in [-0.2, 0) is 17.1 Å². The third-order valence-electron chi connectivity index (χ3n) is 0.837. The van der Waals surface area contributed by atoms with Crippen LogP contribution in [0.15, 0.2) is 35.8 Å². The molecule has 1 aliphatic heterocycles. The molecule has 0 amide bonds. The van der Waals surface area contributed by atoms with E-state index in [1.54, 1.807) is 0 Å². The summed E-state index contributed by atoms with van der Waals surface area (Å²) < 4.78 is 0. The molecule has 0 atom stereocenters. The van der Waals surface area contributed by atoms with Crippen LogP contribution in [0.25, 0.3) is 0 Å². The molecule has 2 heteroatoms. The minimum absolute atomic E-state index is 0. The molecule has 0 unspecified atom stereocenters. The molecular formula is C7H8MnS. The van der Waals surface area contributed by atoms with Gasteiger partial charge in [-0.3, -0.25) is 0 Å². The number of hydrogen-bond donors (Lipinski definition) is 0. The third kappa shape index (κ3) is 4.58. The van der Waals surface area contributed by atoms with Crippen molar-refractivity contribution in [1.29, 1.82) is 0 Å². The molecule has 1 aliphatic rings. The van der Waals surface area contributed by atoms with Crippen LogP contribution < -0.4 is 0 Å². The number of allylic oxidation sites excluding steroid dienone is 4. The van der Waals surface area contributed by atoms with Crippen molar-refractivity contribution in [3.8, 4) is 0 Å². The van der Waals surface area contributed by atoms with Gasteiger partial charge >= 0.3 is 0 Å². The zero-order chi connectivity index (χ0) is 5.66. The average molecular weight is 179 g/mol. The normalized spacial score (nSPS) is 16.0. The Hall–Kier alpha value is 0.0895. The fourth-order valence-electron chi connectivity index (χ4n) is 0.474. The van der Waals surface area contributed by atoms with Gasteiger partial charge in [0.05, 0.1) is 0 Å². The standard InChI is InChI=1S/C7H8S.Mn/c1-2-4-6-8-7-5-3-1;/h1-6H,7H2;. The Kier molecular flexibility index (Phi) is 6.27. The summed E-state index contributed by atoms with van der Waals surface area (Å²) in [5, 5.41) is 2.10. The van der Waals surface area contributed by atoms with Crippen molar-refractivity contribution < 1.29 is 17.1 Å². The van der Waals surface area contributed by atoms with E-state index < -0.39 is 0 Å². The van der Waals surface area contributed by atoms with E-state index in [-0.39, 0.29) is 17.1 Å². The maximum absolute atomic E-state index is 2.14. The second-order valence-corrected chi connectivity index (χ2v) is 2.41. The minimum atomic E-state index is 0. The molecule has 0 aliphatic carbocycles. The molecular weight excluding hydrogens is 171 g/mol. The first-order valence-corrected chi connectivity index (χ1v) is 3.65. The molecule has 1 rings (SSSR count). The number of thioether (sulfide) groups is 1. The molecule has 49 valence electrons. The van der Waals surface area contributed by atoms with Gasteiger partial charge in [0, 0.05) is 22.8 Å². The summed E-state index contributed by atoms with van der Waals surface area (Å²) in [7, 11) is 0. The van der Waals surface area contributed by atoms with Crippen molar-refractivity contribution in [1.82, 2.24) is 0 Å². The molecule has 0 nitrogen and oxygen atoms in total. The quantitative estimate of drug-likeness (QED) is 0.514. The molecule has 1 radical (unpaired) electrons. The molecule has 0 fully saturated rings. The Morgan fingerprint density at radius 1 is 1.00 bits per heavy atom. The first-order chi connectivity index (χ1) is 4.00. The molecule has 9 heavy (non-hydrogen) atoms. The van der Waals surface area contributed by atoms with Crippen molar-refractivity contribution in [3.63, 3.8) is 0 Å². The zero-order valence-electron chi connectivity index (χ0n) is 4.96. The van der Waals surface area contributed by atoms with E-state index in [2.05, 4.69) is 17.6 Å². The Bertz CT molecular complexity index is 120. The minimum Gasteiger partial charge on any atom is -0.130 e. The largest absolute Gasteiger partial charge is 0.130 e. The summed E-state index contributed by atoms with van der Waals surface area (Å²) >= 11 is 1.81. The van der Waals surface area contributed by atoms with E-state index >= 15 is 0 Å². The van der Waals surface area contributed by atoms with E-state index in [0.717, 1.165) is 5.75 Å². The monoisotopic (exact) mass is 179 g/mol. The Labute approximate surface area is 70.6 Å². The van der Waals surface area contributed by atoms with Crippen LogP contribution in [0, 0.1) is 0 Å². The van der Waals surface area contributed by atoms with Gasteiger partial charge in [0.2, 0.25) is 0 Å². The van der Waals surface area contributed by atoms with Gasteiger partial charge in [-0.2, -0.15) is 0 Å². The molecule has 0 aromatic rings. The second-order valence-electron chi connectivity index (χ2n) is 1.47. The molecule has 0 N–H and O–H groups in total. The van der Waals surface area contributed by atoms with Gasteiger partial charge in [-0.25, -0.2) is 0 Å². The molecule has 0 bridgehead atoms. The van der Waals surface area contributed by atoms with Crippen LogP contribution >= 0.6 is 11.8 Å². The Morgan fingerprint density at radius 2 is 1.78 bits per heavy atom. The van der Waals surface area contributed by atoms with E-state index in [0.29, 0.717) is 0 Å². The molecule has 0 aromatic heterocycles.